The van der Waals surface area contributed by atoms with Crippen molar-refractivity contribution in [1.82, 2.24) is 4.57 Å². The van der Waals surface area contributed by atoms with Crippen molar-refractivity contribution in [2.24, 2.45) is 12.0 Å². The zero-order valence-corrected chi connectivity index (χ0v) is 13.8. The van der Waals surface area contributed by atoms with Gasteiger partial charge in [0.1, 0.15) is 0 Å². The third-order valence-electron chi connectivity index (χ3n) is 3.85. The number of hydrogen-bond acceptors (Lipinski definition) is 2. The minimum absolute atomic E-state index is 0.184. The fourth-order valence-electron chi connectivity index (χ4n) is 2.46. The number of rotatable bonds is 2. The minimum atomic E-state index is -0.184. The van der Waals surface area contributed by atoms with Gasteiger partial charge in [-0.05, 0) is 42.7 Å². The van der Waals surface area contributed by atoms with E-state index in [9.17, 15) is 4.79 Å². The lowest BCUT2D eigenvalue weighted by molar-refractivity contribution is 0.0997. The van der Waals surface area contributed by atoms with E-state index in [2.05, 4.69) is 30.1 Å². The zero-order valence-electron chi connectivity index (χ0n) is 13.0. The molecule has 22 heavy (non-hydrogen) atoms. The maximum atomic E-state index is 12.4. The number of nitrogens with zero attached hydrogens (tertiary/aromatic N) is 2. The van der Waals surface area contributed by atoms with Crippen LogP contribution in [0, 0.1) is 6.92 Å². The van der Waals surface area contributed by atoms with Gasteiger partial charge in [-0.3, -0.25) is 4.79 Å². The highest BCUT2D eigenvalue weighted by Crippen LogP contribution is 2.19. The highest BCUT2D eigenvalue weighted by molar-refractivity contribution is 7.16. The van der Waals surface area contributed by atoms with Crippen LogP contribution in [0.25, 0.3) is 10.2 Å². The number of fused-ring (bicyclic) bond motifs is 1. The van der Waals surface area contributed by atoms with Gasteiger partial charge in [0.25, 0.3) is 5.91 Å². The lowest BCUT2D eigenvalue weighted by Crippen LogP contribution is -2.13. The average Bonchev–Trinajstić information content (AvgIpc) is 2.83. The Labute approximate surface area is 133 Å². The lowest BCUT2D eigenvalue weighted by Gasteiger charge is -2.00. The van der Waals surface area contributed by atoms with Crippen LogP contribution in [0.3, 0.4) is 0 Å². The number of thiazole rings is 1. The Balaban J connectivity index is 2.11. The van der Waals surface area contributed by atoms with Crippen molar-refractivity contribution in [1.29, 1.82) is 0 Å². The van der Waals surface area contributed by atoms with Gasteiger partial charge in [0.15, 0.2) is 4.80 Å². The molecular weight excluding hydrogens is 292 g/mol. The third kappa shape index (κ3) is 2.62. The van der Waals surface area contributed by atoms with Gasteiger partial charge >= 0.3 is 0 Å². The van der Waals surface area contributed by atoms with Gasteiger partial charge in [0, 0.05) is 12.6 Å². The Kier molecular flexibility index (Phi) is 3.94. The third-order valence-corrected chi connectivity index (χ3v) is 4.95. The van der Waals surface area contributed by atoms with Crippen molar-refractivity contribution in [3.63, 3.8) is 0 Å². The van der Waals surface area contributed by atoms with Crippen LogP contribution >= 0.6 is 11.3 Å². The van der Waals surface area contributed by atoms with E-state index in [1.165, 1.54) is 5.56 Å². The molecule has 3 rings (SSSR count). The van der Waals surface area contributed by atoms with Crippen molar-refractivity contribution in [2.75, 3.05) is 0 Å². The number of aryl methyl sites for hydroxylation is 3. The quantitative estimate of drug-likeness (QED) is 0.708. The van der Waals surface area contributed by atoms with Crippen LogP contribution in [0.15, 0.2) is 47.5 Å². The minimum Gasteiger partial charge on any atom is -0.319 e. The molecule has 0 aliphatic heterocycles. The first kappa shape index (κ1) is 14.7. The molecule has 3 nitrogen and oxygen atoms in total. The van der Waals surface area contributed by atoms with Crippen molar-refractivity contribution < 1.29 is 4.79 Å². The smallest absolute Gasteiger partial charge is 0.279 e. The molecule has 112 valence electrons. The molecular formula is C18H18N2OS. The largest absolute Gasteiger partial charge is 0.319 e. The number of aromatic nitrogens is 1. The summed E-state index contributed by atoms with van der Waals surface area (Å²) in [6, 6.07) is 14.0. The Morgan fingerprint density at radius 1 is 1.23 bits per heavy atom. The normalized spacial score (nSPS) is 12.0. The van der Waals surface area contributed by atoms with Crippen LogP contribution in [0.4, 0.5) is 0 Å². The van der Waals surface area contributed by atoms with Crippen LogP contribution < -0.4 is 4.80 Å². The van der Waals surface area contributed by atoms with Gasteiger partial charge in [-0.25, -0.2) is 0 Å². The summed E-state index contributed by atoms with van der Waals surface area (Å²) in [5, 5.41) is 0. The molecule has 0 aliphatic carbocycles. The van der Waals surface area contributed by atoms with Crippen molar-refractivity contribution >= 4 is 27.5 Å². The lowest BCUT2D eigenvalue weighted by atomic mass is 10.1. The van der Waals surface area contributed by atoms with E-state index in [4.69, 9.17) is 0 Å². The topological polar surface area (TPSA) is 34.4 Å². The summed E-state index contributed by atoms with van der Waals surface area (Å²) in [4.78, 5) is 17.5. The molecule has 0 N–H and O–H groups in total. The van der Waals surface area contributed by atoms with Crippen LogP contribution in [0.5, 0.6) is 0 Å². The van der Waals surface area contributed by atoms with Gasteiger partial charge in [-0.15, -0.1) is 0 Å². The second-order valence-corrected chi connectivity index (χ2v) is 6.34. The molecule has 0 fully saturated rings. The molecule has 0 bridgehead atoms. The van der Waals surface area contributed by atoms with Crippen molar-refractivity contribution in [3.05, 3.63) is 64.0 Å². The molecule has 0 spiro atoms. The first-order valence-corrected chi connectivity index (χ1v) is 8.15. The molecule has 0 unspecified atom stereocenters. The highest BCUT2D eigenvalue weighted by Gasteiger charge is 2.09. The number of benzene rings is 2. The summed E-state index contributed by atoms with van der Waals surface area (Å²) in [5.74, 6) is -0.184. The summed E-state index contributed by atoms with van der Waals surface area (Å²) in [6.45, 7) is 4.07. The van der Waals surface area contributed by atoms with Crippen molar-refractivity contribution in [3.8, 4) is 0 Å². The highest BCUT2D eigenvalue weighted by atomic mass is 32.1. The van der Waals surface area contributed by atoms with Crippen LogP contribution in [-0.4, -0.2) is 10.5 Å². The average molecular weight is 310 g/mol. The van der Waals surface area contributed by atoms with E-state index in [-0.39, 0.29) is 5.91 Å². The van der Waals surface area contributed by atoms with Crippen LogP contribution in [-0.2, 0) is 13.5 Å². The maximum absolute atomic E-state index is 12.4. The van der Waals surface area contributed by atoms with Gasteiger partial charge in [0.2, 0.25) is 0 Å². The van der Waals surface area contributed by atoms with Gasteiger partial charge in [0.05, 0.1) is 10.2 Å². The number of hydrogen-bond donors (Lipinski definition) is 0. The first-order valence-electron chi connectivity index (χ1n) is 7.33. The predicted molar refractivity (Wildman–Crippen MR) is 91.2 cm³/mol. The summed E-state index contributed by atoms with van der Waals surface area (Å²) in [7, 11) is 1.95. The molecule has 4 heteroatoms. The van der Waals surface area contributed by atoms with E-state index < -0.39 is 0 Å². The molecule has 2 aromatic carbocycles. The summed E-state index contributed by atoms with van der Waals surface area (Å²) in [6.07, 6.45) is 1.01. The second kappa shape index (κ2) is 5.89. The SMILES string of the molecule is CCc1ccc2c(c1)sc(=NC(=O)c1ccccc1C)n2C. The van der Waals surface area contributed by atoms with Gasteiger partial charge < -0.3 is 4.57 Å². The van der Waals surface area contributed by atoms with E-state index in [0.717, 1.165) is 27.0 Å². The monoisotopic (exact) mass is 310 g/mol. The fraction of sp³-hybridized carbons (Fsp3) is 0.222. The summed E-state index contributed by atoms with van der Waals surface area (Å²) in [5.41, 5.74) is 4.02. The molecule has 3 aromatic rings. The predicted octanol–water partition coefficient (Wildman–Crippen LogP) is 3.85. The fourth-order valence-corrected chi connectivity index (χ4v) is 3.55. The molecule has 0 saturated heterocycles. The molecule has 0 saturated carbocycles. The molecule has 0 atom stereocenters. The second-order valence-electron chi connectivity index (χ2n) is 5.33. The van der Waals surface area contributed by atoms with E-state index in [1.54, 1.807) is 11.3 Å². The molecule has 1 heterocycles. The van der Waals surface area contributed by atoms with Crippen molar-refractivity contribution in [2.45, 2.75) is 20.3 Å². The molecule has 1 aromatic heterocycles. The number of carbonyl (C=O) groups is 1. The molecule has 1 amide bonds. The van der Waals surface area contributed by atoms with Gasteiger partial charge in [-0.2, -0.15) is 4.99 Å². The number of amides is 1. The van der Waals surface area contributed by atoms with Gasteiger partial charge in [-0.1, -0.05) is 42.5 Å². The number of carbonyl (C=O) groups excluding carboxylic acids is 1. The molecule has 0 aliphatic rings. The van der Waals surface area contributed by atoms with E-state index in [0.29, 0.717) is 5.56 Å². The zero-order chi connectivity index (χ0) is 15.7. The van der Waals surface area contributed by atoms with E-state index >= 15 is 0 Å². The maximum Gasteiger partial charge on any atom is 0.279 e. The first-order chi connectivity index (χ1) is 10.6. The summed E-state index contributed by atoms with van der Waals surface area (Å²) < 4.78 is 3.15. The van der Waals surface area contributed by atoms with Crippen LogP contribution in [0.1, 0.15) is 28.4 Å². The Bertz CT molecular complexity index is 918. The van der Waals surface area contributed by atoms with Crippen LogP contribution in [0.2, 0.25) is 0 Å². The standard InChI is InChI=1S/C18H18N2OS/c1-4-13-9-10-15-16(11-13)22-18(20(15)3)19-17(21)14-8-6-5-7-12(14)2/h5-11H,4H2,1-3H3. The molecule has 0 radical (unpaired) electrons. The van der Waals surface area contributed by atoms with E-state index in [1.807, 2.05) is 42.8 Å². The Morgan fingerprint density at radius 2 is 2.00 bits per heavy atom. The Hall–Kier alpha value is -2.20. The Morgan fingerprint density at radius 3 is 2.73 bits per heavy atom. The summed E-state index contributed by atoms with van der Waals surface area (Å²) >= 11 is 1.56.